The second-order valence-electron chi connectivity index (χ2n) is 6.58. The molecular weight excluding hydrogens is 274 g/mol. The normalized spacial score (nSPS) is 20.6. The number of piperidine rings is 2. The molecule has 0 aromatic carbocycles. The van der Waals surface area contributed by atoms with Crippen molar-refractivity contribution >= 4 is 11.5 Å². The van der Waals surface area contributed by atoms with Gasteiger partial charge in [0.05, 0.1) is 11.9 Å². The van der Waals surface area contributed by atoms with Gasteiger partial charge < -0.3 is 4.90 Å². The fourth-order valence-corrected chi connectivity index (χ4v) is 3.75. The topological polar surface area (TPSA) is 36.7 Å². The van der Waals surface area contributed by atoms with E-state index in [0.717, 1.165) is 31.1 Å². The lowest BCUT2D eigenvalue weighted by Crippen LogP contribution is -2.31. The molecule has 2 aromatic heterocycles. The second-order valence-corrected chi connectivity index (χ2v) is 6.58. The molecule has 0 N–H and O–H groups in total. The molecule has 0 aliphatic carbocycles. The van der Waals surface area contributed by atoms with Crippen molar-refractivity contribution in [3.8, 4) is 0 Å². The number of aromatic nitrogens is 3. The fraction of sp³-hybridized carbons (Fsp3) is 0.647. The third kappa shape index (κ3) is 2.70. The first-order valence-electron chi connectivity index (χ1n) is 8.70. The zero-order chi connectivity index (χ0) is 14.8. The molecule has 0 radical (unpaired) electrons. The molecule has 2 aromatic rings. The number of fused-ring (bicyclic) bond motifs is 1. The second kappa shape index (κ2) is 6.24. The van der Waals surface area contributed by atoms with Gasteiger partial charge in [0.25, 0.3) is 0 Å². The van der Waals surface area contributed by atoms with Crippen LogP contribution in [0.15, 0.2) is 18.6 Å². The van der Waals surface area contributed by atoms with Crippen molar-refractivity contribution in [3.63, 3.8) is 0 Å². The highest BCUT2D eigenvalue weighted by Gasteiger charge is 2.18. The van der Waals surface area contributed by atoms with Crippen LogP contribution in [0, 0.1) is 0 Å². The molecule has 2 aliphatic heterocycles. The maximum Gasteiger partial charge on any atom is 0.180 e. The molecule has 0 bridgehead atoms. The Morgan fingerprint density at radius 3 is 2.36 bits per heavy atom. The van der Waals surface area contributed by atoms with Gasteiger partial charge in [-0.2, -0.15) is 0 Å². The van der Waals surface area contributed by atoms with Gasteiger partial charge in [-0.1, -0.05) is 6.42 Å². The summed E-state index contributed by atoms with van der Waals surface area (Å²) >= 11 is 0. The number of rotatable bonds is 3. The predicted octanol–water partition coefficient (Wildman–Crippen LogP) is 2.71. The van der Waals surface area contributed by atoms with E-state index >= 15 is 0 Å². The minimum absolute atomic E-state index is 1.00. The molecule has 0 atom stereocenters. The van der Waals surface area contributed by atoms with Gasteiger partial charge in [-0.25, -0.2) is 9.97 Å². The SMILES string of the molecule is c1cn2c(CN3CCCCC3)cnc2c(N2CCCCC2)n1. The van der Waals surface area contributed by atoms with Crippen molar-refractivity contribution in [2.75, 3.05) is 31.1 Å². The van der Waals surface area contributed by atoms with Gasteiger partial charge in [-0.05, 0) is 45.2 Å². The Morgan fingerprint density at radius 2 is 1.59 bits per heavy atom. The Kier molecular flexibility index (Phi) is 3.97. The first-order valence-corrected chi connectivity index (χ1v) is 8.70. The van der Waals surface area contributed by atoms with E-state index in [4.69, 9.17) is 4.98 Å². The highest BCUT2D eigenvalue weighted by molar-refractivity contribution is 5.64. The summed E-state index contributed by atoms with van der Waals surface area (Å²) in [6, 6.07) is 0. The Balaban J connectivity index is 1.61. The monoisotopic (exact) mass is 299 g/mol. The van der Waals surface area contributed by atoms with Crippen LogP contribution in [0.25, 0.3) is 5.65 Å². The van der Waals surface area contributed by atoms with Crippen LogP contribution in [0.1, 0.15) is 44.2 Å². The zero-order valence-corrected chi connectivity index (χ0v) is 13.2. The molecule has 2 aliphatic rings. The zero-order valence-electron chi connectivity index (χ0n) is 13.2. The molecule has 22 heavy (non-hydrogen) atoms. The molecule has 0 spiro atoms. The lowest BCUT2D eigenvalue weighted by atomic mass is 10.1. The summed E-state index contributed by atoms with van der Waals surface area (Å²) in [6.07, 6.45) is 14.0. The summed E-state index contributed by atoms with van der Waals surface area (Å²) in [6.45, 7) is 5.67. The van der Waals surface area contributed by atoms with Gasteiger partial charge in [0.15, 0.2) is 11.5 Å². The third-order valence-corrected chi connectivity index (χ3v) is 4.98. The lowest BCUT2D eigenvalue weighted by molar-refractivity contribution is 0.218. The van der Waals surface area contributed by atoms with Crippen molar-refractivity contribution in [3.05, 3.63) is 24.3 Å². The summed E-state index contributed by atoms with van der Waals surface area (Å²) in [7, 11) is 0. The molecule has 0 amide bonds. The standard InChI is InChI=1S/C17H25N5/c1-3-8-20(9-4-1)14-15-13-19-17-16(18-7-12-22(15)17)21-10-5-2-6-11-21/h7,12-13H,1-6,8-11,14H2. The maximum absolute atomic E-state index is 4.69. The van der Waals surface area contributed by atoms with Gasteiger partial charge in [0.2, 0.25) is 0 Å². The van der Waals surface area contributed by atoms with E-state index in [0.29, 0.717) is 0 Å². The number of hydrogen-bond acceptors (Lipinski definition) is 4. The van der Waals surface area contributed by atoms with Gasteiger partial charge >= 0.3 is 0 Å². The van der Waals surface area contributed by atoms with Crippen LogP contribution in [0.2, 0.25) is 0 Å². The molecular formula is C17H25N5. The quantitative estimate of drug-likeness (QED) is 0.873. The largest absolute Gasteiger partial charge is 0.354 e. The maximum atomic E-state index is 4.69. The molecule has 0 unspecified atom stereocenters. The van der Waals surface area contributed by atoms with Gasteiger partial charge in [0, 0.05) is 32.0 Å². The number of anilines is 1. The number of likely N-dealkylation sites (tertiary alicyclic amines) is 1. The minimum atomic E-state index is 1.00. The van der Waals surface area contributed by atoms with Crippen molar-refractivity contribution in [1.82, 2.24) is 19.3 Å². The van der Waals surface area contributed by atoms with Crippen LogP contribution < -0.4 is 4.90 Å². The van der Waals surface area contributed by atoms with Gasteiger partial charge in [0.1, 0.15) is 0 Å². The first kappa shape index (κ1) is 14.0. The summed E-state index contributed by atoms with van der Waals surface area (Å²) in [5, 5.41) is 0. The van der Waals surface area contributed by atoms with Crippen LogP contribution in [-0.4, -0.2) is 45.4 Å². The van der Waals surface area contributed by atoms with E-state index in [-0.39, 0.29) is 0 Å². The molecule has 4 heterocycles. The van der Waals surface area contributed by atoms with Crippen LogP contribution in [0.3, 0.4) is 0 Å². The number of hydrogen-bond donors (Lipinski definition) is 0. The highest BCUT2D eigenvalue weighted by Crippen LogP contribution is 2.23. The van der Waals surface area contributed by atoms with E-state index < -0.39 is 0 Å². The average Bonchev–Trinajstić information content (AvgIpc) is 3.00. The Hall–Kier alpha value is -1.62. The van der Waals surface area contributed by atoms with Crippen LogP contribution >= 0.6 is 0 Å². The van der Waals surface area contributed by atoms with Crippen molar-refractivity contribution in [2.45, 2.75) is 45.1 Å². The van der Waals surface area contributed by atoms with E-state index in [1.54, 1.807) is 0 Å². The summed E-state index contributed by atoms with van der Waals surface area (Å²) < 4.78 is 2.24. The minimum Gasteiger partial charge on any atom is -0.354 e. The predicted molar refractivity (Wildman–Crippen MR) is 88.2 cm³/mol. The molecule has 0 saturated carbocycles. The highest BCUT2D eigenvalue weighted by atomic mass is 15.2. The Morgan fingerprint density at radius 1 is 0.864 bits per heavy atom. The Labute approximate surface area is 132 Å². The molecule has 5 heteroatoms. The lowest BCUT2D eigenvalue weighted by Gasteiger charge is -2.28. The molecule has 2 saturated heterocycles. The van der Waals surface area contributed by atoms with Crippen LogP contribution in [-0.2, 0) is 6.54 Å². The Bertz CT molecular complexity index is 623. The first-order chi connectivity index (χ1) is 10.9. The average molecular weight is 299 g/mol. The summed E-state index contributed by atoms with van der Waals surface area (Å²) in [5.74, 6) is 1.06. The smallest absolute Gasteiger partial charge is 0.180 e. The third-order valence-electron chi connectivity index (χ3n) is 4.98. The van der Waals surface area contributed by atoms with E-state index in [1.807, 2.05) is 12.4 Å². The van der Waals surface area contributed by atoms with Crippen LogP contribution in [0.5, 0.6) is 0 Å². The van der Waals surface area contributed by atoms with Crippen molar-refractivity contribution in [2.24, 2.45) is 0 Å². The molecule has 4 rings (SSSR count). The number of nitrogens with zero attached hydrogens (tertiary/aromatic N) is 5. The van der Waals surface area contributed by atoms with E-state index in [1.165, 1.54) is 57.3 Å². The molecule has 118 valence electrons. The van der Waals surface area contributed by atoms with Crippen molar-refractivity contribution < 1.29 is 0 Å². The van der Waals surface area contributed by atoms with Crippen molar-refractivity contribution in [1.29, 1.82) is 0 Å². The van der Waals surface area contributed by atoms with E-state index in [2.05, 4.69) is 25.4 Å². The summed E-state index contributed by atoms with van der Waals surface area (Å²) in [5.41, 5.74) is 2.31. The molecule has 5 nitrogen and oxygen atoms in total. The van der Waals surface area contributed by atoms with Gasteiger partial charge in [-0.3, -0.25) is 9.30 Å². The van der Waals surface area contributed by atoms with Gasteiger partial charge in [-0.15, -0.1) is 0 Å². The fourth-order valence-electron chi connectivity index (χ4n) is 3.75. The molecule has 2 fully saturated rings. The summed E-state index contributed by atoms with van der Waals surface area (Å²) in [4.78, 5) is 14.3. The van der Waals surface area contributed by atoms with E-state index in [9.17, 15) is 0 Å². The number of imidazole rings is 1. The van der Waals surface area contributed by atoms with Crippen LogP contribution in [0.4, 0.5) is 5.82 Å².